The van der Waals surface area contributed by atoms with Crippen LogP contribution < -0.4 is 5.73 Å². The molecule has 3 N–H and O–H groups in total. The molecule has 0 atom stereocenters. The summed E-state index contributed by atoms with van der Waals surface area (Å²) >= 11 is 0. The van der Waals surface area contributed by atoms with Crippen LogP contribution in [-0.4, -0.2) is 14.9 Å². The molecule has 58 valence electrons. The molecule has 0 aliphatic heterocycles. The molecule has 0 spiro atoms. The minimum atomic E-state index is -0.555. The molecule has 11 heavy (non-hydrogen) atoms. The van der Waals surface area contributed by atoms with Crippen LogP contribution in [-0.2, 0) is 0 Å². The maximum atomic E-state index is 10.1. The van der Waals surface area contributed by atoms with E-state index in [1.54, 1.807) is 0 Å². The molecule has 6 heteroatoms. The normalized spacial score (nSPS) is 10.5. The Balaban J connectivity index is 2.90. The van der Waals surface area contributed by atoms with Gasteiger partial charge in [-0.25, -0.2) is 9.97 Å². The molecule has 0 saturated heterocycles. The van der Waals surface area contributed by atoms with Gasteiger partial charge in [-0.1, -0.05) is 0 Å². The number of nitrogens with one attached hydrogen (secondary N) is 1. The van der Waals surface area contributed by atoms with Crippen molar-refractivity contribution in [2.24, 2.45) is 5.73 Å². The molecular formula is C5H6N4O2. The molecule has 1 heterocycles. The number of aromatic nitrogens is 2. The highest BCUT2D eigenvalue weighted by Crippen LogP contribution is 2.06. The molecule has 0 aliphatic carbocycles. The van der Waals surface area contributed by atoms with Crippen molar-refractivity contribution in [3.8, 4) is 0 Å². The Morgan fingerprint density at radius 2 is 2.55 bits per heavy atom. The fraction of sp³-hybridized carbons (Fsp3) is 0. The Bertz CT molecular complexity index is 290. The molecular weight excluding hydrogens is 148 g/mol. The lowest BCUT2D eigenvalue weighted by molar-refractivity contribution is -0.389. The SMILES string of the molecule is NC=Cc1ncc([N+](=O)[O-])[nH]1. The Hall–Kier alpha value is -1.85. The van der Waals surface area contributed by atoms with E-state index in [2.05, 4.69) is 9.97 Å². The summed E-state index contributed by atoms with van der Waals surface area (Å²) in [6.45, 7) is 0. The highest BCUT2D eigenvalue weighted by atomic mass is 16.6. The molecule has 0 fully saturated rings. The van der Waals surface area contributed by atoms with Gasteiger partial charge in [-0.2, -0.15) is 0 Å². The highest BCUT2D eigenvalue weighted by molar-refractivity contribution is 5.41. The Kier molecular flexibility index (Phi) is 1.86. The van der Waals surface area contributed by atoms with E-state index in [0.717, 1.165) is 6.20 Å². The van der Waals surface area contributed by atoms with Crippen molar-refractivity contribution in [1.82, 2.24) is 9.97 Å². The molecule has 0 saturated carbocycles. The Morgan fingerprint density at radius 3 is 3.00 bits per heavy atom. The van der Waals surface area contributed by atoms with E-state index in [4.69, 9.17) is 5.73 Å². The van der Waals surface area contributed by atoms with Gasteiger partial charge in [-0.3, -0.25) is 0 Å². The number of imidazole rings is 1. The first-order valence-corrected chi connectivity index (χ1v) is 2.81. The molecule has 6 nitrogen and oxygen atoms in total. The smallest absolute Gasteiger partial charge is 0.340 e. The summed E-state index contributed by atoms with van der Waals surface area (Å²) in [5, 5.41) is 10.1. The summed E-state index contributed by atoms with van der Waals surface area (Å²) in [6.07, 6.45) is 3.82. The minimum Gasteiger partial charge on any atom is -0.404 e. The molecule has 0 aromatic carbocycles. The highest BCUT2D eigenvalue weighted by Gasteiger charge is 2.06. The summed E-state index contributed by atoms with van der Waals surface area (Å²) in [5.41, 5.74) is 5.04. The zero-order valence-electron chi connectivity index (χ0n) is 5.52. The van der Waals surface area contributed by atoms with E-state index >= 15 is 0 Å². The van der Waals surface area contributed by atoms with Crippen LogP contribution in [0.25, 0.3) is 6.08 Å². The number of rotatable bonds is 2. The zero-order valence-corrected chi connectivity index (χ0v) is 5.52. The standard InChI is InChI=1S/C5H6N4O2/c6-2-1-4-7-3-5(8-4)9(10)11/h1-3H,6H2,(H,7,8). The third kappa shape index (κ3) is 1.54. The van der Waals surface area contributed by atoms with Crippen molar-refractivity contribution in [2.45, 2.75) is 0 Å². The van der Waals surface area contributed by atoms with Crippen molar-refractivity contribution < 1.29 is 4.92 Å². The van der Waals surface area contributed by atoms with Crippen LogP contribution in [0.5, 0.6) is 0 Å². The van der Waals surface area contributed by atoms with Gasteiger partial charge in [-0.05, 0) is 11.1 Å². The van der Waals surface area contributed by atoms with E-state index in [1.807, 2.05) is 0 Å². The lowest BCUT2D eigenvalue weighted by Crippen LogP contribution is -1.87. The number of hydrogen-bond acceptors (Lipinski definition) is 4. The van der Waals surface area contributed by atoms with Crippen LogP contribution in [0, 0.1) is 10.1 Å². The van der Waals surface area contributed by atoms with Gasteiger partial charge in [0.05, 0.1) is 0 Å². The van der Waals surface area contributed by atoms with E-state index in [9.17, 15) is 10.1 Å². The largest absolute Gasteiger partial charge is 0.404 e. The Labute approximate surface area is 61.9 Å². The van der Waals surface area contributed by atoms with Gasteiger partial charge < -0.3 is 15.8 Å². The number of nitro groups is 1. The molecule has 0 radical (unpaired) electrons. The van der Waals surface area contributed by atoms with E-state index in [-0.39, 0.29) is 5.82 Å². The van der Waals surface area contributed by atoms with E-state index in [0.29, 0.717) is 5.82 Å². The number of nitrogens with two attached hydrogens (primary N) is 1. The van der Waals surface area contributed by atoms with Crippen LogP contribution in [0.4, 0.5) is 5.82 Å². The van der Waals surface area contributed by atoms with E-state index in [1.165, 1.54) is 12.3 Å². The average Bonchev–Trinajstić information content (AvgIpc) is 2.37. The molecule has 0 unspecified atom stereocenters. The van der Waals surface area contributed by atoms with Crippen LogP contribution in [0.3, 0.4) is 0 Å². The molecule has 1 rings (SSSR count). The lowest BCUT2D eigenvalue weighted by Gasteiger charge is -1.84. The predicted octanol–water partition coefficient (Wildman–Crippen LogP) is 0.247. The van der Waals surface area contributed by atoms with Crippen molar-refractivity contribution in [3.05, 3.63) is 28.3 Å². The second-order valence-electron chi connectivity index (χ2n) is 1.77. The van der Waals surface area contributed by atoms with Gasteiger partial charge in [0.1, 0.15) is 6.20 Å². The fourth-order valence-electron chi connectivity index (χ4n) is 0.595. The second-order valence-corrected chi connectivity index (χ2v) is 1.77. The summed E-state index contributed by atoms with van der Waals surface area (Å²) in [7, 11) is 0. The Morgan fingerprint density at radius 1 is 1.82 bits per heavy atom. The van der Waals surface area contributed by atoms with Crippen LogP contribution in [0.2, 0.25) is 0 Å². The third-order valence-corrected chi connectivity index (χ3v) is 1.03. The first-order valence-electron chi connectivity index (χ1n) is 2.81. The topological polar surface area (TPSA) is 97.8 Å². The molecule has 0 aliphatic rings. The number of H-pyrrole nitrogens is 1. The van der Waals surface area contributed by atoms with Crippen LogP contribution >= 0.6 is 0 Å². The van der Waals surface area contributed by atoms with Crippen LogP contribution in [0.15, 0.2) is 12.4 Å². The number of aromatic amines is 1. The third-order valence-electron chi connectivity index (χ3n) is 1.03. The number of hydrogen-bond donors (Lipinski definition) is 2. The molecule has 0 amide bonds. The minimum absolute atomic E-state index is 0.141. The summed E-state index contributed by atoms with van der Waals surface area (Å²) in [4.78, 5) is 15.6. The average molecular weight is 154 g/mol. The summed E-state index contributed by atoms with van der Waals surface area (Å²) in [6, 6.07) is 0. The van der Waals surface area contributed by atoms with Gasteiger partial charge in [0.2, 0.25) is 5.82 Å². The quantitative estimate of drug-likeness (QED) is 0.471. The van der Waals surface area contributed by atoms with Crippen molar-refractivity contribution >= 4 is 11.9 Å². The monoisotopic (exact) mass is 154 g/mol. The van der Waals surface area contributed by atoms with Crippen LogP contribution in [0.1, 0.15) is 5.82 Å². The second kappa shape index (κ2) is 2.82. The molecule has 1 aromatic rings. The summed E-state index contributed by atoms with van der Waals surface area (Å²) < 4.78 is 0. The van der Waals surface area contributed by atoms with Crippen molar-refractivity contribution in [1.29, 1.82) is 0 Å². The van der Waals surface area contributed by atoms with Crippen molar-refractivity contribution in [2.75, 3.05) is 0 Å². The zero-order chi connectivity index (χ0) is 8.27. The maximum Gasteiger partial charge on any atom is 0.340 e. The predicted molar refractivity (Wildman–Crippen MR) is 38.5 cm³/mol. The first-order chi connectivity index (χ1) is 5.24. The van der Waals surface area contributed by atoms with Gasteiger partial charge in [0, 0.05) is 6.08 Å². The maximum absolute atomic E-state index is 10.1. The van der Waals surface area contributed by atoms with Gasteiger partial charge >= 0.3 is 5.82 Å². The lowest BCUT2D eigenvalue weighted by atomic mass is 10.6. The van der Waals surface area contributed by atoms with Gasteiger partial charge in [0.25, 0.3) is 0 Å². The van der Waals surface area contributed by atoms with E-state index < -0.39 is 4.92 Å². The fourth-order valence-corrected chi connectivity index (χ4v) is 0.595. The van der Waals surface area contributed by atoms with Crippen molar-refractivity contribution in [3.63, 3.8) is 0 Å². The summed E-state index contributed by atoms with van der Waals surface area (Å²) in [5.74, 6) is 0.234. The first kappa shape index (κ1) is 7.26. The molecule has 0 bridgehead atoms. The van der Waals surface area contributed by atoms with Gasteiger partial charge in [0.15, 0.2) is 0 Å². The molecule has 1 aromatic heterocycles. The van der Waals surface area contributed by atoms with Gasteiger partial charge in [-0.15, -0.1) is 0 Å². The number of nitrogens with zero attached hydrogens (tertiary/aromatic N) is 2.